The maximum atomic E-state index is 12.7. The minimum absolute atomic E-state index is 0.0825. The van der Waals surface area contributed by atoms with Gasteiger partial charge in [0.1, 0.15) is 0 Å². The number of carbonyl (C=O) groups excluding carboxylic acids is 1. The molecule has 1 aliphatic heterocycles. The van der Waals surface area contributed by atoms with Crippen molar-refractivity contribution < 1.29 is 27.4 Å². The summed E-state index contributed by atoms with van der Waals surface area (Å²) in [5, 5.41) is 0. The average molecular weight is 283 g/mol. The summed E-state index contributed by atoms with van der Waals surface area (Å²) < 4.78 is 47.6. The van der Waals surface area contributed by atoms with E-state index in [0.29, 0.717) is 12.8 Å². The summed E-state index contributed by atoms with van der Waals surface area (Å²) in [5.41, 5.74) is 0. The first kappa shape index (κ1) is 16.2. The molecule has 0 aliphatic carbocycles. The van der Waals surface area contributed by atoms with E-state index in [1.807, 2.05) is 7.05 Å². The number of piperidine rings is 1. The molecule has 112 valence electrons. The van der Waals surface area contributed by atoms with Gasteiger partial charge < -0.3 is 14.4 Å². The third-order valence-corrected chi connectivity index (χ3v) is 3.08. The van der Waals surface area contributed by atoms with Crippen LogP contribution < -0.4 is 0 Å². The topological polar surface area (TPSA) is 38.8 Å². The van der Waals surface area contributed by atoms with E-state index < -0.39 is 24.9 Å². The zero-order valence-corrected chi connectivity index (χ0v) is 11.2. The summed E-state index contributed by atoms with van der Waals surface area (Å²) >= 11 is 0. The van der Waals surface area contributed by atoms with E-state index in [0.717, 1.165) is 13.1 Å². The Bertz CT molecular complexity index is 288. The van der Waals surface area contributed by atoms with Crippen molar-refractivity contribution in [1.29, 1.82) is 0 Å². The lowest BCUT2D eigenvalue weighted by Gasteiger charge is -2.30. The van der Waals surface area contributed by atoms with Crippen LogP contribution in [-0.4, -0.2) is 56.0 Å². The predicted molar refractivity (Wildman–Crippen MR) is 62.7 cm³/mol. The van der Waals surface area contributed by atoms with Crippen molar-refractivity contribution in [3.05, 3.63) is 0 Å². The zero-order chi connectivity index (χ0) is 14.5. The van der Waals surface area contributed by atoms with Crippen LogP contribution in [0.5, 0.6) is 0 Å². The van der Waals surface area contributed by atoms with Gasteiger partial charge in [0.2, 0.25) is 6.10 Å². The fraction of sp³-hybridized carbons (Fsp3) is 0.917. The Balaban J connectivity index is 2.42. The summed E-state index contributed by atoms with van der Waals surface area (Å²) in [6.07, 6.45) is -5.64. The molecule has 1 atom stereocenters. The highest BCUT2D eigenvalue weighted by molar-refractivity contribution is 5.69. The highest BCUT2D eigenvalue weighted by Gasteiger charge is 2.43. The average Bonchev–Trinajstić information content (AvgIpc) is 2.34. The van der Waals surface area contributed by atoms with Gasteiger partial charge in [-0.3, -0.25) is 4.79 Å². The number of esters is 1. The van der Waals surface area contributed by atoms with Crippen LogP contribution in [0.4, 0.5) is 13.2 Å². The lowest BCUT2D eigenvalue weighted by molar-refractivity contribution is -0.235. The minimum Gasteiger partial charge on any atom is -0.450 e. The van der Waals surface area contributed by atoms with Crippen LogP contribution in [-0.2, 0) is 14.3 Å². The minimum atomic E-state index is -4.59. The molecule has 0 aromatic heterocycles. The van der Waals surface area contributed by atoms with Gasteiger partial charge in [0.05, 0.1) is 12.7 Å². The number of rotatable bonds is 5. The largest absolute Gasteiger partial charge is 0.450 e. The molecule has 0 aromatic rings. The SMILES string of the molecule is CCC(=O)OC(COC1CCN(C)CC1)C(F)(F)F. The molecule has 4 nitrogen and oxygen atoms in total. The van der Waals surface area contributed by atoms with Crippen LogP contribution in [0, 0.1) is 0 Å². The van der Waals surface area contributed by atoms with Gasteiger partial charge in [-0.1, -0.05) is 6.92 Å². The summed E-state index contributed by atoms with van der Waals surface area (Å²) in [5.74, 6) is -0.866. The number of nitrogens with zero attached hydrogens (tertiary/aromatic N) is 1. The number of ether oxygens (including phenoxy) is 2. The Morgan fingerprint density at radius 2 is 1.95 bits per heavy atom. The molecule has 0 N–H and O–H groups in total. The molecule has 7 heteroatoms. The number of hydrogen-bond donors (Lipinski definition) is 0. The van der Waals surface area contributed by atoms with Gasteiger partial charge in [0.15, 0.2) is 0 Å². The van der Waals surface area contributed by atoms with Crippen molar-refractivity contribution in [1.82, 2.24) is 4.90 Å². The van der Waals surface area contributed by atoms with E-state index >= 15 is 0 Å². The molecule has 1 heterocycles. The summed E-state index contributed by atoms with van der Waals surface area (Å²) in [6.45, 7) is 2.43. The molecule has 0 amide bonds. The van der Waals surface area contributed by atoms with Gasteiger partial charge in [-0.25, -0.2) is 0 Å². The van der Waals surface area contributed by atoms with E-state index in [9.17, 15) is 18.0 Å². The number of alkyl halides is 3. The van der Waals surface area contributed by atoms with Crippen molar-refractivity contribution in [2.24, 2.45) is 0 Å². The van der Waals surface area contributed by atoms with Gasteiger partial charge in [-0.2, -0.15) is 13.2 Å². The van der Waals surface area contributed by atoms with Crippen LogP contribution in [0.1, 0.15) is 26.2 Å². The smallest absolute Gasteiger partial charge is 0.427 e. The molecule has 0 bridgehead atoms. The van der Waals surface area contributed by atoms with E-state index in [4.69, 9.17) is 4.74 Å². The predicted octanol–water partition coefficient (Wildman–Crippen LogP) is 1.98. The van der Waals surface area contributed by atoms with Crippen LogP contribution in [0.15, 0.2) is 0 Å². The Morgan fingerprint density at radius 1 is 1.37 bits per heavy atom. The third-order valence-electron chi connectivity index (χ3n) is 3.08. The quantitative estimate of drug-likeness (QED) is 0.723. The summed E-state index contributed by atoms with van der Waals surface area (Å²) in [4.78, 5) is 13.1. The van der Waals surface area contributed by atoms with Crippen molar-refractivity contribution in [3.63, 3.8) is 0 Å². The lowest BCUT2D eigenvalue weighted by atomic mass is 10.1. The highest BCUT2D eigenvalue weighted by atomic mass is 19.4. The Hall–Kier alpha value is -0.820. The molecular weight excluding hydrogens is 263 g/mol. The maximum Gasteiger partial charge on any atom is 0.427 e. The molecule has 0 saturated carbocycles. The van der Waals surface area contributed by atoms with Gasteiger partial charge in [-0.05, 0) is 19.9 Å². The zero-order valence-electron chi connectivity index (χ0n) is 11.2. The first-order valence-electron chi connectivity index (χ1n) is 6.39. The molecule has 1 fully saturated rings. The fourth-order valence-electron chi connectivity index (χ4n) is 1.81. The number of carbonyl (C=O) groups is 1. The van der Waals surface area contributed by atoms with Crippen LogP contribution in [0.2, 0.25) is 0 Å². The molecule has 1 unspecified atom stereocenters. The van der Waals surface area contributed by atoms with Crippen molar-refractivity contribution >= 4 is 5.97 Å². The van der Waals surface area contributed by atoms with Gasteiger partial charge in [-0.15, -0.1) is 0 Å². The number of halogens is 3. The fourth-order valence-corrected chi connectivity index (χ4v) is 1.81. The van der Waals surface area contributed by atoms with E-state index in [-0.39, 0.29) is 12.5 Å². The molecule has 19 heavy (non-hydrogen) atoms. The van der Waals surface area contributed by atoms with Gasteiger partial charge >= 0.3 is 12.1 Å². The van der Waals surface area contributed by atoms with Crippen molar-refractivity contribution in [3.8, 4) is 0 Å². The van der Waals surface area contributed by atoms with E-state index in [2.05, 4.69) is 9.64 Å². The van der Waals surface area contributed by atoms with E-state index in [1.54, 1.807) is 0 Å². The Morgan fingerprint density at radius 3 is 2.42 bits per heavy atom. The lowest BCUT2D eigenvalue weighted by Crippen LogP contribution is -2.41. The van der Waals surface area contributed by atoms with Crippen LogP contribution >= 0.6 is 0 Å². The summed E-state index contributed by atoms with van der Waals surface area (Å²) in [7, 11) is 1.96. The third kappa shape index (κ3) is 5.78. The standard InChI is InChI=1S/C12H20F3NO3/c1-3-11(17)19-10(12(13,14)15)8-18-9-4-6-16(2)7-5-9/h9-10H,3-8H2,1-2H3. The summed E-state index contributed by atoms with van der Waals surface area (Å²) in [6, 6.07) is 0. The van der Waals surface area contributed by atoms with Gasteiger partial charge in [0, 0.05) is 19.5 Å². The second kappa shape index (κ2) is 7.09. The van der Waals surface area contributed by atoms with Crippen LogP contribution in [0.3, 0.4) is 0 Å². The molecule has 1 rings (SSSR count). The van der Waals surface area contributed by atoms with E-state index in [1.165, 1.54) is 6.92 Å². The molecule has 0 spiro atoms. The van der Waals surface area contributed by atoms with Crippen molar-refractivity contribution in [2.75, 3.05) is 26.7 Å². The van der Waals surface area contributed by atoms with Crippen LogP contribution in [0.25, 0.3) is 0 Å². The molecule has 0 aromatic carbocycles. The van der Waals surface area contributed by atoms with Crippen molar-refractivity contribution in [2.45, 2.75) is 44.6 Å². The number of hydrogen-bond acceptors (Lipinski definition) is 4. The highest BCUT2D eigenvalue weighted by Crippen LogP contribution is 2.25. The monoisotopic (exact) mass is 283 g/mol. The first-order chi connectivity index (χ1) is 8.82. The molecule has 1 aliphatic rings. The normalized spacial score (nSPS) is 20.3. The Labute approximate surface area is 110 Å². The molecular formula is C12H20F3NO3. The van der Waals surface area contributed by atoms with Gasteiger partial charge in [0.25, 0.3) is 0 Å². The number of likely N-dealkylation sites (tertiary alicyclic amines) is 1. The first-order valence-corrected chi connectivity index (χ1v) is 6.39. The molecule has 0 radical (unpaired) electrons. The second-order valence-electron chi connectivity index (χ2n) is 4.71. The molecule has 1 saturated heterocycles. The maximum absolute atomic E-state index is 12.7. The second-order valence-corrected chi connectivity index (χ2v) is 4.71. The Kier molecular flexibility index (Phi) is 6.06.